The lowest BCUT2D eigenvalue weighted by Crippen LogP contribution is -2.31. The van der Waals surface area contributed by atoms with Crippen LogP contribution in [0.3, 0.4) is 0 Å². The van der Waals surface area contributed by atoms with Gasteiger partial charge in [-0.2, -0.15) is 0 Å². The Bertz CT molecular complexity index is 1050. The zero-order valence-electron chi connectivity index (χ0n) is 16.8. The Morgan fingerprint density at radius 2 is 2.10 bits per heavy atom. The molecule has 156 valence electrons. The largest absolute Gasteiger partial charge is 0.383 e. The van der Waals surface area contributed by atoms with Crippen molar-refractivity contribution in [3.05, 3.63) is 68.1 Å². The van der Waals surface area contributed by atoms with Crippen LogP contribution in [0.4, 0.5) is 11.6 Å². The van der Waals surface area contributed by atoms with E-state index in [-0.39, 0.29) is 11.6 Å². The Hall–Kier alpha value is -2.29. The van der Waals surface area contributed by atoms with Gasteiger partial charge in [0.05, 0.1) is 5.56 Å². The van der Waals surface area contributed by atoms with Crippen LogP contribution in [0.25, 0.3) is 0 Å². The number of nitrogens with two attached hydrogens (primary N) is 1. The lowest BCUT2D eigenvalue weighted by Gasteiger charge is -2.23. The zero-order valence-corrected chi connectivity index (χ0v) is 19.2. The predicted molar refractivity (Wildman–Crippen MR) is 125 cm³/mol. The second-order valence-electron chi connectivity index (χ2n) is 7.44. The Morgan fingerprint density at radius 1 is 1.23 bits per heavy atom. The average Bonchev–Trinajstić information content (AvgIpc) is 3.00. The molecule has 30 heavy (non-hydrogen) atoms. The summed E-state index contributed by atoms with van der Waals surface area (Å²) in [6.07, 6.45) is 2.64. The summed E-state index contributed by atoms with van der Waals surface area (Å²) in [5.41, 5.74) is 8.03. The van der Waals surface area contributed by atoms with Gasteiger partial charge in [0.15, 0.2) is 0 Å². The van der Waals surface area contributed by atoms with Crippen molar-refractivity contribution in [1.29, 1.82) is 0 Å². The summed E-state index contributed by atoms with van der Waals surface area (Å²) in [4.78, 5) is 27.9. The molecule has 1 fully saturated rings. The molecule has 6 nitrogen and oxygen atoms in total. The Morgan fingerprint density at radius 3 is 2.90 bits per heavy atom. The summed E-state index contributed by atoms with van der Waals surface area (Å²) in [5, 5.41) is 2.16. The minimum atomic E-state index is -0.215. The van der Waals surface area contributed by atoms with Crippen LogP contribution in [0.15, 0.2) is 46.4 Å². The Balaban J connectivity index is 1.48. The molecular formula is C22H24BrN5OS. The smallest absolute Gasteiger partial charge is 0.215 e. The van der Waals surface area contributed by atoms with E-state index in [1.807, 2.05) is 23.5 Å². The summed E-state index contributed by atoms with van der Waals surface area (Å²) in [7, 11) is 0. The van der Waals surface area contributed by atoms with Crippen molar-refractivity contribution in [2.75, 3.05) is 36.8 Å². The van der Waals surface area contributed by atoms with Crippen molar-refractivity contribution in [1.82, 2.24) is 14.9 Å². The summed E-state index contributed by atoms with van der Waals surface area (Å²) in [6, 6.07) is 9.46. The van der Waals surface area contributed by atoms with Crippen molar-refractivity contribution in [2.24, 2.45) is 0 Å². The standard InChI is InChI=1S/C22H24BrN5OS/c1-15-6-11-30-19(15)14-27-7-3-8-28(10-9-27)20-5-2-4-18(26-20)21(29)17-12-16(23)13-25-22(17)24/h2,4-6,11-13H,3,7-10,14H2,1H3,(H2,24,25). The molecule has 0 saturated carbocycles. The van der Waals surface area contributed by atoms with Gasteiger partial charge in [-0.3, -0.25) is 9.69 Å². The maximum atomic E-state index is 13.0. The number of carbonyl (C=O) groups excluding carboxylic acids is 1. The molecule has 8 heteroatoms. The molecule has 0 aromatic carbocycles. The van der Waals surface area contributed by atoms with Gasteiger partial charge in [-0.15, -0.1) is 11.3 Å². The summed E-state index contributed by atoms with van der Waals surface area (Å²) >= 11 is 5.18. The summed E-state index contributed by atoms with van der Waals surface area (Å²) in [5.74, 6) is 0.828. The minimum Gasteiger partial charge on any atom is -0.383 e. The van der Waals surface area contributed by atoms with Gasteiger partial charge in [0.25, 0.3) is 0 Å². The fourth-order valence-electron chi connectivity index (χ4n) is 3.62. The number of hydrogen-bond acceptors (Lipinski definition) is 7. The quantitative estimate of drug-likeness (QED) is 0.547. The number of thiophene rings is 1. The number of aryl methyl sites for hydroxylation is 1. The maximum absolute atomic E-state index is 13.0. The SMILES string of the molecule is Cc1ccsc1CN1CCCN(c2cccc(C(=O)c3cc(Br)cnc3N)n2)CC1. The molecule has 1 aliphatic rings. The normalized spacial score (nSPS) is 15.2. The average molecular weight is 486 g/mol. The van der Waals surface area contributed by atoms with Crippen LogP contribution in [0.5, 0.6) is 0 Å². The van der Waals surface area contributed by atoms with Crippen molar-refractivity contribution in [2.45, 2.75) is 19.9 Å². The van der Waals surface area contributed by atoms with Crippen molar-refractivity contribution in [3.8, 4) is 0 Å². The number of nitrogen functional groups attached to an aromatic ring is 1. The molecule has 0 aliphatic carbocycles. The van der Waals surface area contributed by atoms with E-state index in [0.29, 0.717) is 15.7 Å². The van der Waals surface area contributed by atoms with Crippen LogP contribution < -0.4 is 10.6 Å². The van der Waals surface area contributed by atoms with Crippen LogP contribution in [0, 0.1) is 6.92 Å². The lowest BCUT2D eigenvalue weighted by atomic mass is 10.1. The van der Waals surface area contributed by atoms with Gasteiger partial charge in [0.1, 0.15) is 17.3 Å². The highest BCUT2D eigenvalue weighted by Gasteiger charge is 2.20. The van der Waals surface area contributed by atoms with E-state index in [4.69, 9.17) is 5.73 Å². The van der Waals surface area contributed by atoms with Crippen LogP contribution in [0.2, 0.25) is 0 Å². The van der Waals surface area contributed by atoms with Crippen molar-refractivity contribution in [3.63, 3.8) is 0 Å². The highest BCUT2D eigenvalue weighted by atomic mass is 79.9. The molecule has 2 N–H and O–H groups in total. The van der Waals surface area contributed by atoms with Gasteiger partial charge in [-0.05, 0) is 64.5 Å². The first-order valence-electron chi connectivity index (χ1n) is 9.94. The Labute approximate surface area is 188 Å². The molecule has 3 aromatic rings. The molecule has 4 heterocycles. The van der Waals surface area contributed by atoms with E-state index in [1.165, 1.54) is 10.4 Å². The van der Waals surface area contributed by atoms with Crippen molar-refractivity contribution >= 4 is 44.7 Å². The molecule has 0 radical (unpaired) electrons. The van der Waals surface area contributed by atoms with Gasteiger partial charge in [-0.1, -0.05) is 6.07 Å². The highest BCUT2D eigenvalue weighted by Crippen LogP contribution is 2.22. The minimum absolute atomic E-state index is 0.213. The predicted octanol–water partition coefficient (Wildman–Crippen LogP) is 4.13. The number of anilines is 2. The zero-order chi connectivity index (χ0) is 21.1. The van der Waals surface area contributed by atoms with E-state index in [1.54, 1.807) is 18.3 Å². The molecule has 1 aliphatic heterocycles. The number of pyridine rings is 2. The number of ketones is 1. The second kappa shape index (κ2) is 9.24. The third-order valence-corrected chi connectivity index (χ3v) is 6.79. The van der Waals surface area contributed by atoms with Gasteiger partial charge in [0, 0.05) is 48.3 Å². The molecule has 4 rings (SSSR count). The van der Waals surface area contributed by atoms with E-state index >= 15 is 0 Å². The topological polar surface area (TPSA) is 75.3 Å². The van der Waals surface area contributed by atoms with E-state index in [0.717, 1.165) is 45.0 Å². The van der Waals surface area contributed by atoms with Gasteiger partial charge >= 0.3 is 0 Å². The van der Waals surface area contributed by atoms with Gasteiger partial charge < -0.3 is 10.6 Å². The Kier molecular flexibility index (Phi) is 6.46. The number of carbonyl (C=O) groups is 1. The third kappa shape index (κ3) is 4.71. The number of rotatable bonds is 5. The fourth-order valence-corrected chi connectivity index (χ4v) is 4.90. The molecule has 0 atom stereocenters. The summed E-state index contributed by atoms with van der Waals surface area (Å²) in [6.45, 7) is 7.02. The number of nitrogens with zero attached hydrogens (tertiary/aromatic N) is 4. The molecule has 0 spiro atoms. The fraction of sp³-hybridized carbons (Fsp3) is 0.318. The van der Waals surface area contributed by atoms with Gasteiger partial charge in [-0.25, -0.2) is 9.97 Å². The first-order valence-corrected chi connectivity index (χ1v) is 11.6. The molecule has 1 saturated heterocycles. The van der Waals surface area contributed by atoms with E-state index in [2.05, 4.69) is 54.1 Å². The second-order valence-corrected chi connectivity index (χ2v) is 9.36. The number of aromatic nitrogens is 2. The maximum Gasteiger partial charge on any atom is 0.215 e. The molecule has 0 bridgehead atoms. The lowest BCUT2D eigenvalue weighted by molar-refractivity contribution is 0.103. The number of halogens is 1. The van der Waals surface area contributed by atoms with Gasteiger partial charge in [0.2, 0.25) is 5.78 Å². The van der Waals surface area contributed by atoms with Crippen LogP contribution in [-0.4, -0.2) is 46.8 Å². The van der Waals surface area contributed by atoms with Crippen LogP contribution >= 0.6 is 27.3 Å². The number of hydrogen-bond donors (Lipinski definition) is 1. The molecule has 0 amide bonds. The highest BCUT2D eigenvalue weighted by molar-refractivity contribution is 9.10. The molecular weight excluding hydrogens is 462 g/mol. The van der Waals surface area contributed by atoms with E-state index < -0.39 is 0 Å². The molecule has 3 aromatic heterocycles. The summed E-state index contributed by atoms with van der Waals surface area (Å²) < 4.78 is 0.713. The molecule has 0 unspecified atom stereocenters. The van der Waals surface area contributed by atoms with Crippen LogP contribution in [-0.2, 0) is 6.54 Å². The first kappa shape index (κ1) is 21.0. The first-order chi connectivity index (χ1) is 14.5. The van der Waals surface area contributed by atoms with E-state index in [9.17, 15) is 4.79 Å². The van der Waals surface area contributed by atoms with Crippen LogP contribution in [0.1, 0.15) is 32.9 Å². The third-order valence-electron chi connectivity index (χ3n) is 5.34. The van der Waals surface area contributed by atoms with Crippen molar-refractivity contribution < 1.29 is 4.79 Å². The monoisotopic (exact) mass is 485 g/mol.